The Labute approximate surface area is 146 Å². The smallest absolute Gasteiger partial charge is 0.0597 e. The van der Waals surface area contributed by atoms with Crippen LogP contribution >= 0.6 is 0 Å². The van der Waals surface area contributed by atoms with Crippen molar-refractivity contribution in [3.8, 4) is 0 Å². The van der Waals surface area contributed by atoms with Crippen molar-refractivity contribution in [1.29, 1.82) is 0 Å². The quantitative estimate of drug-likeness (QED) is 0.322. The predicted molar refractivity (Wildman–Crippen MR) is 102 cm³/mol. The van der Waals surface area contributed by atoms with Crippen molar-refractivity contribution < 1.29 is 9.47 Å². The highest BCUT2D eigenvalue weighted by atomic mass is 16.5. The molecular formula is C21H44O2. The summed E-state index contributed by atoms with van der Waals surface area (Å²) in [4.78, 5) is 0. The average molecular weight is 329 g/mol. The van der Waals surface area contributed by atoms with Crippen molar-refractivity contribution in [3.63, 3.8) is 0 Å². The molecule has 0 spiro atoms. The average Bonchev–Trinajstić information content (AvgIpc) is 2.61. The molecule has 0 aromatic carbocycles. The molecule has 0 aromatic rings. The van der Waals surface area contributed by atoms with Gasteiger partial charge in [-0.05, 0) is 32.1 Å². The second-order valence-electron chi connectivity index (χ2n) is 6.57. The minimum absolute atomic E-state index is 0.478. The van der Waals surface area contributed by atoms with Gasteiger partial charge in [0.05, 0.1) is 6.10 Å². The van der Waals surface area contributed by atoms with Crippen LogP contribution in [0.3, 0.4) is 0 Å². The molecule has 1 aliphatic heterocycles. The second kappa shape index (κ2) is 20.0. The zero-order valence-electron chi connectivity index (χ0n) is 16.4. The molecule has 0 saturated carbocycles. The second-order valence-corrected chi connectivity index (χ2v) is 6.57. The molecule has 0 aliphatic carbocycles. The molecular weight excluding hydrogens is 284 g/mol. The van der Waals surface area contributed by atoms with Crippen LogP contribution in [0, 0.1) is 0 Å². The van der Waals surface area contributed by atoms with Crippen molar-refractivity contribution >= 4 is 0 Å². The first kappa shape index (κ1) is 22.9. The molecule has 1 fully saturated rings. The van der Waals surface area contributed by atoms with E-state index < -0.39 is 0 Å². The van der Waals surface area contributed by atoms with Gasteiger partial charge in [-0.1, -0.05) is 78.6 Å². The molecule has 140 valence electrons. The molecule has 0 radical (unpaired) electrons. The highest BCUT2D eigenvalue weighted by Gasteiger charge is 2.12. The predicted octanol–water partition coefficient (Wildman–Crippen LogP) is 6.91. The highest BCUT2D eigenvalue weighted by molar-refractivity contribution is 4.62. The Hall–Kier alpha value is -0.0800. The van der Waals surface area contributed by atoms with E-state index in [1.54, 1.807) is 0 Å². The number of hydrogen-bond donors (Lipinski definition) is 0. The Morgan fingerprint density at radius 1 is 0.783 bits per heavy atom. The Morgan fingerprint density at radius 2 is 1.39 bits per heavy atom. The van der Waals surface area contributed by atoms with Crippen molar-refractivity contribution in [2.24, 2.45) is 0 Å². The van der Waals surface area contributed by atoms with E-state index >= 15 is 0 Å². The van der Waals surface area contributed by atoms with Gasteiger partial charge in [0.2, 0.25) is 0 Å². The fourth-order valence-electron chi connectivity index (χ4n) is 3.04. The third-order valence-corrected chi connectivity index (χ3v) is 4.50. The number of ether oxygens (including phenoxy) is 2. The Kier molecular flexibility index (Phi) is 19.9. The summed E-state index contributed by atoms with van der Waals surface area (Å²) in [7, 11) is 0. The van der Waals surface area contributed by atoms with Gasteiger partial charge in [-0.25, -0.2) is 0 Å². The standard InChI is InChI=1S/C19H38O2.C2H6/c1-2-3-4-5-6-7-8-9-10-12-16-20-18-15-19-14-11-13-17-21-19;1-2/h19H,2-18H2,1H3;1-2H3. The molecule has 0 bridgehead atoms. The lowest BCUT2D eigenvalue weighted by atomic mass is 10.1. The van der Waals surface area contributed by atoms with Gasteiger partial charge in [0.15, 0.2) is 0 Å². The van der Waals surface area contributed by atoms with Crippen LogP contribution in [0.15, 0.2) is 0 Å². The van der Waals surface area contributed by atoms with E-state index in [0.29, 0.717) is 6.10 Å². The molecule has 2 nitrogen and oxygen atoms in total. The van der Waals surface area contributed by atoms with Crippen LogP contribution in [-0.4, -0.2) is 25.9 Å². The van der Waals surface area contributed by atoms with Crippen molar-refractivity contribution in [2.45, 2.75) is 117 Å². The minimum atomic E-state index is 0.478. The molecule has 1 unspecified atom stereocenters. The van der Waals surface area contributed by atoms with Crippen molar-refractivity contribution in [2.75, 3.05) is 19.8 Å². The number of hydrogen-bond acceptors (Lipinski definition) is 2. The summed E-state index contributed by atoms with van der Waals surface area (Å²) in [5.41, 5.74) is 0. The monoisotopic (exact) mass is 328 g/mol. The van der Waals surface area contributed by atoms with Crippen LogP contribution in [0.5, 0.6) is 0 Å². The van der Waals surface area contributed by atoms with E-state index in [1.165, 1.54) is 83.5 Å². The fraction of sp³-hybridized carbons (Fsp3) is 1.00. The summed E-state index contributed by atoms with van der Waals surface area (Å²) in [5.74, 6) is 0. The molecule has 1 atom stereocenters. The first-order valence-corrected chi connectivity index (χ1v) is 10.6. The van der Waals surface area contributed by atoms with E-state index in [-0.39, 0.29) is 0 Å². The number of unbranched alkanes of at least 4 members (excludes halogenated alkanes) is 9. The maximum Gasteiger partial charge on any atom is 0.0597 e. The lowest BCUT2D eigenvalue weighted by molar-refractivity contribution is -0.00783. The van der Waals surface area contributed by atoms with Crippen LogP contribution in [-0.2, 0) is 9.47 Å². The van der Waals surface area contributed by atoms with Gasteiger partial charge in [-0.3, -0.25) is 0 Å². The van der Waals surface area contributed by atoms with Crippen LogP contribution in [0.4, 0.5) is 0 Å². The van der Waals surface area contributed by atoms with E-state index in [4.69, 9.17) is 9.47 Å². The van der Waals surface area contributed by atoms with Gasteiger partial charge in [-0.2, -0.15) is 0 Å². The molecule has 0 aromatic heterocycles. The van der Waals surface area contributed by atoms with E-state index in [1.807, 2.05) is 13.8 Å². The molecule has 23 heavy (non-hydrogen) atoms. The Bertz CT molecular complexity index is 200. The van der Waals surface area contributed by atoms with E-state index in [9.17, 15) is 0 Å². The molecule has 0 N–H and O–H groups in total. The first-order valence-electron chi connectivity index (χ1n) is 10.6. The van der Waals surface area contributed by atoms with Crippen LogP contribution < -0.4 is 0 Å². The molecule has 1 saturated heterocycles. The number of rotatable bonds is 14. The fourth-order valence-corrected chi connectivity index (χ4v) is 3.04. The summed E-state index contributed by atoms with van der Waals surface area (Å²) in [6, 6.07) is 0. The summed E-state index contributed by atoms with van der Waals surface area (Å²) in [6.07, 6.45) is 19.3. The van der Waals surface area contributed by atoms with Gasteiger partial charge in [-0.15, -0.1) is 0 Å². The lowest BCUT2D eigenvalue weighted by Crippen LogP contribution is -2.20. The summed E-state index contributed by atoms with van der Waals surface area (Å²) < 4.78 is 11.4. The maximum atomic E-state index is 5.73. The van der Waals surface area contributed by atoms with Gasteiger partial charge >= 0.3 is 0 Å². The van der Waals surface area contributed by atoms with Gasteiger partial charge in [0.25, 0.3) is 0 Å². The molecule has 2 heteroatoms. The molecule has 0 amide bonds. The van der Waals surface area contributed by atoms with Gasteiger partial charge in [0, 0.05) is 19.8 Å². The normalized spacial score (nSPS) is 17.6. The maximum absolute atomic E-state index is 5.73. The zero-order valence-corrected chi connectivity index (χ0v) is 16.4. The topological polar surface area (TPSA) is 18.5 Å². The van der Waals surface area contributed by atoms with Crippen LogP contribution in [0.1, 0.15) is 111 Å². The Balaban J connectivity index is 0.00000232. The van der Waals surface area contributed by atoms with E-state index in [2.05, 4.69) is 6.92 Å². The van der Waals surface area contributed by atoms with E-state index in [0.717, 1.165) is 26.2 Å². The highest BCUT2D eigenvalue weighted by Crippen LogP contribution is 2.15. The molecule has 1 aliphatic rings. The first-order chi connectivity index (χ1) is 11.4. The largest absolute Gasteiger partial charge is 0.381 e. The van der Waals surface area contributed by atoms with Crippen LogP contribution in [0.2, 0.25) is 0 Å². The van der Waals surface area contributed by atoms with Crippen LogP contribution in [0.25, 0.3) is 0 Å². The summed E-state index contributed by atoms with van der Waals surface area (Å²) in [5, 5.41) is 0. The molecule has 1 rings (SSSR count). The SMILES string of the molecule is CC.CCCCCCCCCCCCOCCC1CCCCO1. The van der Waals surface area contributed by atoms with Crippen molar-refractivity contribution in [1.82, 2.24) is 0 Å². The van der Waals surface area contributed by atoms with Gasteiger partial charge in [0.1, 0.15) is 0 Å². The summed E-state index contributed by atoms with van der Waals surface area (Å²) in [6.45, 7) is 9.08. The third kappa shape index (κ3) is 16.6. The third-order valence-electron chi connectivity index (χ3n) is 4.50. The van der Waals surface area contributed by atoms with Gasteiger partial charge < -0.3 is 9.47 Å². The summed E-state index contributed by atoms with van der Waals surface area (Å²) >= 11 is 0. The minimum Gasteiger partial charge on any atom is -0.381 e. The Morgan fingerprint density at radius 3 is 1.96 bits per heavy atom. The zero-order chi connectivity index (χ0) is 17.0. The lowest BCUT2D eigenvalue weighted by Gasteiger charge is -2.22. The van der Waals surface area contributed by atoms with Crippen molar-refractivity contribution in [3.05, 3.63) is 0 Å². The molecule has 1 heterocycles.